The molecule has 5 heteroatoms. The number of anilines is 1. The van der Waals surface area contributed by atoms with Gasteiger partial charge in [0, 0.05) is 10.4 Å². The van der Waals surface area contributed by atoms with E-state index >= 15 is 0 Å². The normalized spacial score (nSPS) is 13.5. The Kier molecular flexibility index (Phi) is 3.98. The van der Waals surface area contributed by atoms with Crippen molar-refractivity contribution in [2.24, 2.45) is 0 Å². The summed E-state index contributed by atoms with van der Waals surface area (Å²) in [5.41, 5.74) is 2.80. The minimum Gasteiger partial charge on any atom is -0.478 e. The highest BCUT2D eigenvalue weighted by atomic mass is 32.1. The Bertz CT molecular complexity index is 731. The number of carbonyl (C=O) groups is 2. The molecule has 1 aliphatic carbocycles. The second-order valence-corrected chi connectivity index (χ2v) is 6.65. The van der Waals surface area contributed by atoms with E-state index in [4.69, 9.17) is 0 Å². The number of aryl methyl sites for hydroxylation is 2. The Morgan fingerprint density at radius 3 is 2.50 bits per heavy atom. The van der Waals surface area contributed by atoms with E-state index < -0.39 is 5.97 Å². The molecule has 1 aliphatic rings. The number of benzene rings is 1. The summed E-state index contributed by atoms with van der Waals surface area (Å²) in [7, 11) is 0. The molecule has 0 atom stereocenters. The van der Waals surface area contributed by atoms with Crippen LogP contribution in [-0.4, -0.2) is 17.0 Å². The van der Waals surface area contributed by atoms with Crippen molar-refractivity contribution in [3.63, 3.8) is 0 Å². The van der Waals surface area contributed by atoms with Crippen molar-refractivity contribution >= 4 is 28.2 Å². The third-order valence-electron chi connectivity index (χ3n) is 3.93. The van der Waals surface area contributed by atoms with Gasteiger partial charge in [0.25, 0.3) is 5.91 Å². The predicted molar refractivity (Wildman–Crippen MR) is 87.1 cm³/mol. The van der Waals surface area contributed by atoms with Gasteiger partial charge in [0.2, 0.25) is 0 Å². The summed E-state index contributed by atoms with van der Waals surface area (Å²) in [6.45, 7) is 1.96. The van der Waals surface area contributed by atoms with Gasteiger partial charge in [-0.05, 0) is 50.3 Å². The Labute approximate surface area is 132 Å². The number of thiophene rings is 1. The topological polar surface area (TPSA) is 66.4 Å². The zero-order valence-electron chi connectivity index (χ0n) is 12.3. The second-order valence-electron chi connectivity index (χ2n) is 5.54. The van der Waals surface area contributed by atoms with Gasteiger partial charge >= 0.3 is 5.97 Å². The monoisotopic (exact) mass is 315 g/mol. The number of rotatable bonds is 3. The van der Waals surface area contributed by atoms with E-state index in [9.17, 15) is 14.7 Å². The molecule has 0 saturated heterocycles. The van der Waals surface area contributed by atoms with Gasteiger partial charge in [-0.3, -0.25) is 4.79 Å². The number of fused-ring (bicyclic) bond motifs is 1. The fourth-order valence-electron chi connectivity index (χ4n) is 2.76. The van der Waals surface area contributed by atoms with Crippen LogP contribution in [0.25, 0.3) is 0 Å². The zero-order valence-corrected chi connectivity index (χ0v) is 13.1. The van der Waals surface area contributed by atoms with Gasteiger partial charge in [0.05, 0.1) is 5.56 Å². The van der Waals surface area contributed by atoms with Crippen LogP contribution >= 0.6 is 11.3 Å². The lowest BCUT2D eigenvalue weighted by Crippen LogP contribution is -2.14. The van der Waals surface area contributed by atoms with Crippen LogP contribution in [-0.2, 0) is 12.8 Å². The number of hydrogen-bond acceptors (Lipinski definition) is 3. The smallest absolute Gasteiger partial charge is 0.339 e. The molecule has 4 nitrogen and oxygen atoms in total. The van der Waals surface area contributed by atoms with E-state index in [1.807, 2.05) is 19.1 Å². The van der Waals surface area contributed by atoms with Crippen molar-refractivity contribution in [1.29, 1.82) is 0 Å². The molecule has 0 unspecified atom stereocenters. The van der Waals surface area contributed by atoms with Crippen molar-refractivity contribution in [3.8, 4) is 0 Å². The Morgan fingerprint density at radius 1 is 1.14 bits per heavy atom. The number of carbonyl (C=O) groups excluding carboxylic acids is 1. The fourth-order valence-corrected chi connectivity index (χ4v) is 4.04. The van der Waals surface area contributed by atoms with Gasteiger partial charge in [-0.15, -0.1) is 11.3 Å². The maximum Gasteiger partial charge on any atom is 0.339 e. The van der Waals surface area contributed by atoms with E-state index in [0.717, 1.165) is 41.7 Å². The summed E-state index contributed by atoms with van der Waals surface area (Å²) >= 11 is 1.40. The highest BCUT2D eigenvalue weighted by Gasteiger charge is 2.26. The minimum atomic E-state index is -0.960. The molecule has 1 aromatic heterocycles. The lowest BCUT2D eigenvalue weighted by atomic mass is 9.95. The van der Waals surface area contributed by atoms with Crippen molar-refractivity contribution in [1.82, 2.24) is 0 Å². The molecule has 0 aliphatic heterocycles. The van der Waals surface area contributed by atoms with Crippen LogP contribution < -0.4 is 5.32 Å². The second kappa shape index (κ2) is 5.93. The first-order valence-corrected chi connectivity index (χ1v) is 8.14. The SMILES string of the molecule is Cc1ccc(C(=O)Nc2sc3c(c2C(=O)O)CCCC3)cc1. The average molecular weight is 315 g/mol. The van der Waals surface area contributed by atoms with Crippen LogP contribution in [0.3, 0.4) is 0 Å². The Hall–Kier alpha value is -2.14. The molecule has 0 spiro atoms. The quantitative estimate of drug-likeness (QED) is 0.903. The van der Waals surface area contributed by atoms with Gasteiger partial charge < -0.3 is 10.4 Å². The van der Waals surface area contributed by atoms with Crippen LogP contribution in [0, 0.1) is 6.92 Å². The van der Waals surface area contributed by atoms with Gasteiger partial charge in [0.1, 0.15) is 5.00 Å². The number of nitrogens with one attached hydrogen (secondary N) is 1. The molecule has 3 rings (SSSR count). The molecule has 1 amide bonds. The largest absolute Gasteiger partial charge is 0.478 e. The zero-order chi connectivity index (χ0) is 15.7. The molecular weight excluding hydrogens is 298 g/mol. The van der Waals surface area contributed by atoms with Crippen molar-refractivity contribution in [2.75, 3.05) is 5.32 Å². The molecule has 114 valence electrons. The van der Waals surface area contributed by atoms with Crippen LogP contribution in [0.5, 0.6) is 0 Å². The minimum absolute atomic E-state index is 0.263. The molecule has 0 bridgehead atoms. The third-order valence-corrected chi connectivity index (χ3v) is 5.13. The van der Waals surface area contributed by atoms with E-state index in [-0.39, 0.29) is 11.5 Å². The van der Waals surface area contributed by atoms with E-state index in [1.54, 1.807) is 12.1 Å². The van der Waals surface area contributed by atoms with Crippen LogP contribution in [0.15, 0.2) is 24.3 Å². The lowest BCUT2D eigenvalue weighted by molar-refractivity contribution is 0.0697. The van der Waals surface area contributed by atoms with E-state index in [2.05, 4.69) is 5.32 Å². The van der Waals surface area contributed by atoms with Crippen molar-refractivity contribution < 1.29 is 14.7 Å². The van der Waals surface area contributed by atoms with Gasteiger partial charge in [0.15, 0.2) is 0 Å². The number of hydrogen-bond donors (Lipinski definition) is 2. The standard InChI is InChI=1S/C17H17NO3S/c1-10-6-8-11(9-7-10)15(19)18-16-14(17(20)21)12-4-2-3-5-13(12)22-16/h6-9H,2-5H2,1H3,(H,18,19)(H,20,21). The fraction of sp³-hybridized carbons (Fsp3) is 0.294. The Balaban J connectivity index is 1.91. The summed E-state index contributed by atoms with van der Waals surface area (Å²) in [4.78, 5) is 25.0. The highest BCUT2D eigenvalue weighted by molar-refractivity contribution is 7.17. The number of amides is 1. The highest BCUT2D eigenvalue weighted by Crippen LogP contribution is 2.38. The molecule has 0 saturated carbocycles. The maximum atomic E-state index is 12.3. The van der Waals surface area contributed by atoms with Gasteiger partial charge in [-0.1, -0.05) is 17.7 Å². The van der Waals surface area contributed by atoms with Gasteiger partial charge in [-0.2, -0.15) is 0 Å². The number of carboxylic acid groups (broad SMARTS) is 1. The van der Waals surface area contributed by atoms with Crippen LogP contribution in [0.4, 0.5) is 5.00 Å². The first-order valence-electron chi connectivity index (χ1n) is 7.32. The number of carboxylic acids is 1. The number of aromatic carboxylic acids is 1. The van der Waals surface area contributed by atoms with Crippen LogP contribution in [0.2, 0.25) is 0 Å². The Morgan fingerprint density at radius 2 is 1.82 bits per heavy atom. The summed E-state index contributed by atoms with van der Waals surface area (Å²) < 4.78 is 0. The first-order chi connectivity index (χ1) is 10.6. The van der Waals surface area contributed by atoms with Gasteiger partial charge in [-0.25, -0.2) is 4.79 Å². The molecule has 0 fully saturated rings. The summed E-state index contributed by atoms with van der Waals surface area (Å²) in [6.07, 6.45) is 3.78. The third kappa shape index (κ3) is 2.76. The molecule has 2 N–H and O–H groups in total. The predicted octanol–water partition coefficient (Wildman–Crippen LogP) is 3.89. The molecule has 1 aromatic carbocycles. The lowest BCUT2D eigenvalue weighted by Gasteiger charge is -2.10. The van der Waals surface area contributed by atoms with E-state index in [0.29, 0.717) is 10.6 Å². The molecule has 2 aromatic rings. The first kappa shape index (κ1) is 14.8. The molecular formula is C17H17NO3S. The van der Waals surface area contributed by atoms with Crippen molar-refractivity contribution in [2.45, 2.75) is 32.6 Å². The molecule has 22 heavy (non-hydrogen) atoms. The van der Waals surface area contributed by atoms with Crippen LogP contribution in [0.1, 0.15) is 49.6 Å². The summed E-state index contributed by atoms with van der Waals surface area (Å²) in [6, 6.07) is 7.23. The maximum absolute atomic E-state index is 12.3. The summed E-state index contributed by atoms with van der Waals surface area (Å²) in [5.74, 6) is -1.22. The average Bonchev–Trinajstić information content (AvgIpc) is 2.85. The van der Waals surface area contributed by atoms with Crippen molar-refractivity contribution in [3.05, 3.63) is 51.4 Å². The molecule has 1 heterocycles. The summed E-state index contributed by atoms with van der Waals surface area (Å²) in [5, 5.41) is 12.7. The molecule has 0 radical (unpaired) electrons. The van der Waals surface area contributed by atoms with E-state index in [1.165, 1.54) is 11.3 Å².